The van der Waals surface area contributed by atoms with Gasteiger partial charge in [-0.25, -0.2) is 0 Å². The topological polar surface area (TPSA) is 18.5 Å². The lowest BCUT2D eigenvalue weighted by Gasteiger charge is -2.29. The molecule has 17 heavy (non-hydrogen) atoms. The van der Waals surface area contributed by atoms with E-state index in [1.165, 1.54) is 5.19 Å². The third-order valence-corrected chi connectivity index (χ3v) is 6.72. The molecule has 1 rings (SSSR count). The van der Waals surface area contributed by atoms with Gasteiger partial charge in [-0.1, -0.05) is 44.2 Å². The fraction of sp³-hybridized carbons (Fsp3) is 0.538. The molecule has 0 aromatic heterocycles. The molecule has 96 valence electrons. The fourth-order valence-electron chi connectivity index (χ4n) is 1.62. The highest BCUT2D eigenvalue weighted by atomic mass is 32.1. The van der Waals surface area contributed by atoms with Gasteiger partial charge in [-0.15, -0.1) is 0 Å². The predicted octanol–water partition coefficient (Wildman–Crippen LogP) is 2.66. The molecule has 0 atom stereocenters. The van der Waals surface area contributed by atoms with Gasteiger partial charge in [-0.2, -0.15) is 12.6 Å². The summed E-state index contributed by atoms with van der Waals surface area (Å²) >= 11 is 4.47. The van der Waals surface area contributed by atoms with Crippen LogP contribution in [0.25, 0.3) is 0 Å². The Morgan fingerprint density at radius 1 is 1.00 bits per heavy atom. The van der Waals surface area contributed by atoms with Crippen molar-refractivity contribution in [3.8, 4) is 0 Å². The maximum Gasteiger partial charge on any atom is 0.382 e. The Labute approximate surface area is 111 Å². The monoisotopic (exact) mass is 270 g/mol. The molecule has 0 amide bonds. The van der Waals surface area contributed by atoms with Gasteiger partial charge in [0.25, 0.3) is 0 Å². The molecule has 0 N–H and O–H groups in total. The molecule has 0 aliphatic rings. The van der Waals surface area contributed by atoms with Crippen molar-refractivity contribution in [3.05, 3.63) is 30.3 Å². The Bertz CT molecular complexity index is 298. The van der Waals surface area contributed by atoms with Crippen LogP contribution in [-0.2, 0) is 8.85 Å². The molecule has 0 aliphatic carbocycles. The number of hydrogen-bond acceptors (Lipinski definition) is 3. The molecular formula is C13H22O2SSi. The zero-order chi connectivity index (χ0) is 12.6. The summed E-state index contributed by atoms with van der Waals surface area (Å²) in [7, 11) is -2.32. The average molecular weight is 270 g/mol. The van der Waals surface area contributed by atoms with Crippen molar-refractivity contribution in [1.29, 1.82) is 0 Å². The maximum atomic E-state index is 6.06. The molecule has 0 fully saturated rings. The van der Waals surface area contributed by atoms with E-state index in [1.807, 2.05) is 18.2 Å². The van der Waals surface area contributed by atoms with Gasteiger partial charge in [0.15, 0.2) is 0 Å². The standard InChI is InChI=1S/C13H22O2SSi/c1-3-10-14-17(12-16,15-11-4-2)13-8-6-5-7-9-13/h5-9,16H,3-4,10-12H2,1-2H3. The summed E-state index contributed by atoms with van der Waals surface area (Å²) in [5, 5.41) is 1.84. The minimum absolute atomic E-state index is 0.664. The Morgan fingerprint density at radius 2 is 1.53 bits per heavy atom. The van der Waals surface area contributed by atoms with E-state index in [-0.39, 0.29) is 0 Å². The van der Waals surface area contributed by atoms with Gasteiger partial charge in [-0.3, -0.25) is 0 Å². The van der Waals surface area contributed by atoms with Gasteiger partial charge in [0.2, 0.25) is 0 Å². The Hall–Kier alpha value is -0.293. The first kappa shape index (κ1) is 14.8. The highest BCUT2D eigenvalue weighted by Gasteiger charge is 2.38. The van der Waals surface area contributed by atoms with Crippen LogP contribution in [0.4, 0.5) is 0 Å². The van der Waals surface area contributed by atoms with E-state index in [9.17, 15) is 0 Å². The van der Waals surface area contributed by atoms with Gasteiger partial charge < -0.3 is 8.85 Å². The smallest absolute Gasteiger partial charge is 0.382 e. The van der Waals surface area contributed by atoms with E-state index in [4.69, 9.17) is 8.85 Å². The molecular weight excluding hydrogens is 248 g/mol. The Kier molecular flexibility index (Phi) is 6.88. The van der Waals surface area contributed by atoms with Crippen LogP contribution in [0.3, 0.4) is 0 Å². The van der Waals surface area contributed by atoms with E-state index in [1.54, 1.807) is 0 Å². The summed E-state index contributed by atoms with van der Waals surface area (Å²) in [5.74, 6) is 0. The second kappa shape index (κ2) is 7.92. The average Bonchev–Trinajstić information content (AvgIpc) is 2.41. The summed E-state index contributed by atoms with van der Waals surface area (Å²) in [6, 6.07) is 10.3. The van der Waals surface area contributed by atoms with Crippen LogP contribution in [0.5, 0.6) is 0 Å². The van der Waals surface area contributed by atoms with E-state index in [0.717, 1.165) is 26.1 Å². The molecule has 2 nitrogen and oxygen atoms in total. The molecule has 0 radical (unpaired) electrons. The van der Waals surface area contributed by atoms with Crippen LogP contribution in [0.1, 0.15) is 26.7 Å². The number of rotatable bonds is 8. The van der Waals surface area contributed by atoms with Crippen molar-refractivity contribution >= 4 is 26.4 Å². The molecule has 0 saturated heterocycles. The zero-order valence-corrected chi connectivity index (χ0v) is 12.6. The highest BCUT2D eigenvalue weighted by molar-refractivity contribution is 7.82. The first-order chi connectivity index (χ1) is 8.29. The van der Waals surface area contributed by atoms with Gasteiger partial charge >= 0.3 is 8.56 Å². The van der Waals surface area contributed by atoms with E-state index in [2.05, 4.69) is 38.6 Å². The van der Waals surface area contributed by atoms with Crippen molar-refractivity contribution < 1.29 is 8.85 Å². The minimum atomic E-state index is -2.32. The van der Waals surface area contributed by atoms with Gasteiger partial charge in [0.05, 0.1) is 0 Å². The lowest BCUT2D eigenvalue weighted by molar-refractivity contribution is 0.185. The van der Waals surface area contributed by atoms with Crippen LogP contribution < -0.4 is 5.19 Å². The van der Waals surface area contributed by atoms with Crippen LogP contribution in [-0.4, -0.2) is 27.2 Å². The van der Waals surface area contributed by atoms with E-state index < -0.39 is 8.56 Å². The summed E-state index contributed by atoms with van der Waals surface area (Å²) in [4.78, 5) is 0. The van der Waals surface area contributed by atoms with Crippen molar-refractivity contribution in [2.24, 2.45) is 0 Å². The molecule has 0 unspecified atom stereocenters. The Morgan fingerprint density at radius 3 is 1.94 bits per heavy atom. The molecule has 0 bridgehead atoms. The summed E-state index contributed by atoms with van der Waals surface area (Å²) in [6.07, 6.45) is 2.01. The lowest BCUT2D eigenvalue weighted by atomic mass is 10.4. The van der Waals surface area contributed by atoms with E-state index in [0.29, 0.717) is 5.38 Å². The lowest BCUT2D eigenvalue weighted by Crippen LogP contribution is -2.56. The first-order valence-electron chi connectivity index (χ1n) is 6.23. The van der Waals surface area contributed by atoms with Crippen LogP contribution in [0.15, 0.2) is 30.3 Å². The number of benzene rings is 1. The third-order valence-electron chi connectivity index (χ3n) is 2.50. The summed E-state index contributed by atoms with van der Waals surface area (Å²) in [5.41, 5.74) is 0. The van der Waals surface area contributed by atoms with Gasteiger partial charge in [-0.05, 0) is 18.0 Å². The maximum absolute atomic E-state index is 6.06. The molecule has 0 saturated carbocycles. The van der Waals surface area contributed by atoms with Crippen LogP contribution in [0, 0.1) is 0 Å². The van der Waals surface area contributed by atoms with Crippen molar-refractivity contribution in [2.45, 2.75) is 26.7 Å². The largest absolute Gasteiger partial charge is 0.391 e. The van der Waals surface area contributed by atoms with Gasteiger partial charge in [0, 0.05) is 18.6 Å². The predicted molar refractivity (Wildman–Crippen MR) is 78.2 cm³/mol. The minimum Gasteiger partial charge on any atom is -0.391 e. The number of thiol groups is 1. The second-order valence-electron chi connectivity index (χ2n) is 3.97. The third kappa shape index (κ3) is 4.14. The zero-order valence-electron chi connectivity index (χ0n) is 10.7. The second-order valence-corrected chi connectivity index (χ2v) is 7.90. The summed E-state index contributed by atoms with van der Waals surface area (Å²) < 4.78 is 12.1. The van der Waals surface area contributed by atoms with Crippen LogP contribution in [0.2, 0.25) is 0 Å². The molecule has 0 spiro atoms. The molecule has 4 heteroatoms. The van der Waals surface area contributed by atoms with Crippen molar-refractivity contribution in [2.75, 3.05) is 18.6 Å². The summed E-state index contributed by atoms with van der Waals surface area (Å²) in [6.45, 7) is 5.71. The van der Waals surface area contributed by atoms with Gasteiger partial charge in [0.1, 0.15) is 0 Å². The molecule has 0 aliphatic heterocycles. The Balaban J connectivity index is 2.89. The molecule has 1 aromatic carbocycles. The van der Waals surface area contributed by atoms with Crippen molar-refractivity contribution in [3.63, 3.8) is 0 Å². The first-order valence-corrected chi connectivity index (χ1v) is 8.89. The normalized spacial score (nSPS) is 11.7. The SMILES string of the molecule is CCCO[Si](CS)(OCCC)c1ccccc1. The molecule has 0 heterocycles. The highest BCUT2D eigenvalue weighted by Crippen LogP contribution is 2.12. The number of hydrogen-bond donors (Lipinski definition) is 1. The quantitative estimate of drug-likeness (QED) is 0.578. The van der Waals surface area contributed by atoms with Crippen LogP contribution >= 0.6 is 12.6 Å². The van der Waals surface area contributed by atoms with Crippen molar-refractivity contribution in [1.82, 2.24) is 0 Å². The fourth-order valence-corrected chi connectivity index (χ4v) is 5.26. The van der Waals surface area contributed by atoms with E-state index >= 15 is 0 Å². The molecule has 1 aromatic rings.